The molecule has 0 aliphatic rings. The third kappa shape index (κ3) is 9.72. The minimum atomic E-state index is 0.282. The molecule has 84 valence electrons. The molecule has 2 heteroatoms. The number of ketones is 1. The molecular formula is C12H24O2. The van der Waals surface area contributed by atoms with Crippen molar-refractivity contribution in [3.05, 3.63) is 0 Å². The molecule has 0 fully saturated rings. The fourth-order valence-electron chi connectivity index (χ4n) is 1.44. The van der Waals surface area contributed by atoms with Gasteiger partial charge in [-0.05, 0) is 32.1 Å². The van der Waals surface area contributed by atoms with Crippen molar-refractivity contribution in [2.24, 2.45) is 5.92 Å². The Morgan fingerprint density at radius 2 is 2.07 bits per heavy atom. The molecule has 0 heterocycles. The van der Waals surface area contributed by atoms with Crippen molar-refractivity contribution in [1.82, 2.24) is 0 Å². The van der Waals surface area contributed by atoms with Crippen LogP contribution in [0.15, 0.2) is 0 Å². The predicted molar refractivity (Wildman–Crippen MR) is 59.4 cm³/mol. The molecule has 0 saturated carbocycles. The van der Waals surface area contributed by atoms with Gasteiger partial charge >= 0.3 is 0 Å². The maximum atomic E-state index is 10.6. The van der Waals surface area contributed by atoms with Gasteiger partial charge in [-0.1, -0.05) is 20.3 Å². The second kappa shape index (κ2) is 9.20. The normalized spacial score (nSPS) is 12.8. The molecule has 0 aliphatic heterocycles. The lowest BCUT2D eigenvalue weighted by atomic mass is 10.1. The van der Waals surface area contributed by atoms with E-state index in [1.165, 1.54) is 12.8 Å². The highest BCUT2D eigenvalue weighted by molar-refractivity contribution is 5.75. The zero-order valence-electron chi connectivity index (χ0n) is 9.84. The lowest BCUT2D eigenvalue weighted by Crippen LogP contribution is -2.06. The Morgan fingerprint density at radius 1 is 1.36 bits per heavy atom. The number of hydrogen-bond donors (Lipinski definition) is 0. The zero-order chi connectivity index (χ0) is 10.8. The van der Waals surface area contributed by atoms with Crippen molar-refractivity contribution in [2.75, 3.05) is 13.2 Å². The van der Waals surface area contributed by atoms with Crippen molar-refractivity contribution < 1.29 is 9.53 Å². The molecule has 0 aromatic heterocycles. The van der Waals surface area contributed by atoms with E-state index < -0.39 is 0 Å². The van der Waals surface area contributed by atoms with E-state index in [-0.39, 0.29) is 5.78 Å². The van der Waals surface area contributed by atoms with Crippen molar-refractivity contribution in [1.29, 1.82) is 0 Å². The first kappa shape index (κ1) is 13.6. The molecule has 0 aliphatic carbocycles. The first-order valence-corrected chi connectivity index (χ1v) is 5.74. The Balaban J connectivity index is 3.09. The van der Waals surface area contributed by atoms with E-state index in [0.717, 1.165) is 26.1 Å². The Kier molecular flexibility index (Phi) is 8.95. The fourth-order valence-corrected chi connectivity index (χ4v) is 1.44. The molecule has 0 amide bonds. The summed E-state index contributed by atoms with van der Waals surface area (Å²) >= 11 is 0. The van der Waals surface area contributed by atoms with Crippen LogP contribution in [0.2, 0.25) is 0 Å². The summed E-state index contributed by atoms with van der Waals surface area (Å²) in [6, 6.07) is 0. The van der Waals surface area contributed by atoms with E-state index in [9.17, 15) is 4.79 Å². The van der Waals surface area contributed by atoms with Crippen LogP contribution in [0.4, 0.5) is 0 Å². The van der Waals surface area contributed by atoms with E-state index in [2.05, 4.69) is 13.8 Å². The average molecular weight is 200 g/mol. The summed E-state index contributed by atoms with van der Waals surface area (Å²) in [7, 11) is 0. The summed E-state index contributed by atoms with van der Waals surface area (Å²) in [5.74, 6) is 0.956. The van der Waals surface area contributed by atoms with Crippen molar-refractivity contribution in [3.63, 3.8) is 0 Å². The van der Waals surface area contributed by atoms with Gasteiger partial charge in [-0.25, -0.2) is 0 Å². The van der Waals surface area contributed by atoms with Gasteiger partial charge in [-0.3, -0.25) is 0 Å². The summed E-state index contributed by atoms with van der Waals surface area (Å²) in [6.07, 6.45) is 5.16. The van der Waals surface area contributed by atoms with Crippen LogP contribution < -0.4 is 0 Å². The van der Waals surface area contributed by atoms with Gasteiger partial charge in [0.1, 0.15) is 5.78 Å². The van der Waals surface area contributed by atoms with Crippen molar-refractivity contribution >= 4 is 5.78 Å². The summed E-state index contributed by atoms with van der Waals surface area (Å²) in [4.78, 5) is 10.6. The summed E-state index contributed by atoms with van der Waals surface area (Å²) in [5, 5.41) is 0. The fraction of sp³-hybridized carbons (Fsp3) is 0.917. The number of rotatable bonds is 9. The minimum absolute atomic E-state index is 0.282. The largest absolute Gasteiger partial charge is 0.381 e. The second-order valence-electron chi connectivity index (χ2n) is 4.13. The molecule has 0 aromatic carbocycles. The Labute approximate surface area is 88.0 Å². The van der Waals surface area contributed by atoms with Gasteiger partial charge in [0.25, 0.3) is 0 Å². The quantitative estimate of drug-likeness (QED) is 0.534. The lowest BCUT2D eigenvalue weighted by Gasteiger charge is -2.10. The lowest BCUT2D eigenvalue weighted by molar-refractivity contribution is -0.117. The molecule has 0 spiro atoms. The molecule has 2 nitrogen and oxygen atoms in total. The number of carbonyl (C=O) groups excluding carboxylic acids is 1. The average Bonchev–Trinajstić information content (AvgIpc) is 2.11. The highest BCUT2D eigenvalue weighted by atomic mass is 16.5. The van der Waals surface area contributed by atoms with Gasteiger partial charge in [-0.15, -0.1) is 0 Å². The predicted octanol–water partition coefficient (Wildman–Crippen LogP) is 3.20. The maximum absolute atomic E-state index is 10.6. The SMILES string of the molecule is CCCC(C)COCCCCC(C)=O. The van der Waals surface area contributed by atoms with Crippen molar-refractivity contribution in [3.8, 4) is 0 Å². The maximum Gasteiger partial charge on any atom is 0.129 e. The first-order chi connectivity index (χ1) is 6.66. The smallest absolute Gasteiger partial charge is 0.129 e. The molecule has 1 unspecified atom stereocenters. The van der Waals surface area contributed by atoms with E-state index in [4.69, 9.17) is 4.74 Å². The Morgan fingerprint density at radius 3 is 2.64 bits per heavy atom. The third-order valence-electron chi connectivity index (χ3n) is 2.25. The Hall–Kier alpha value is -0.370. The molecule has 14 heavy (non-hydrogen) atoms. The van der Waals surface area contributed by atoms with E-state index >= 15 is 0 Å². The molecule has 0 aromatic rings. The third-order valence-corrected chi connectivity index (χ3v) is 2.25. The summed E-state index contributed by atoms with van der Waals surface area (Å²) < 4.78 is 5.52. The highest BCUT2D eigenvalue weighted by Gasteiger charge is 2.00. The number of ether oxygens (including phenoxy) is 1. The first-order valence-electron chi connectivity index (χ1n) is 5.74. The van der Waals surface area contributed by atoms with E-state index in [1.54, 1.807) is 6.92 Å². The topological polar surface area (TPSA) is 26.3 Å². The molecule has 0 bridgehead atoms. The second-order valence-corrected chi connectivity index (χ2v) is 4.13. The van der Waals surface area contributed by atoms with Gasteiger partial charge in [0.2, 0.25) is 0 Å². The van der Waals surface area contributed by atoms with Crippen LogP contribution in [0, 0.1) is 5.92 Å². The molecule has 1 atom stereocenters. The number of unbranched alkanes of at least 4 members (excludes halogenated alkanes) is 1. The van der Waals surface area contributed by atoms with Gasteiger partial charge in [0.15, 0.2) is 0 Å². The van der Waals surface area contributed by atoms with Crippen LogP contribution in [0.25, 0.3) is 0 Å². The summed E-state index contributed by atoms with van der Waals surface area (Å²) in [6.45, 7) is 7.74. The number of hydrogen-bond acceptors (Lipinski definition) is 2. The van der Waals surface area contributed by atoms with E-state index in [0.29, 0.717) is 12.3 Å². The molecule has 0 radical (unpaired) electrons. The van der Waals surface area contributed by atoms with E-state index in [1.807, 2.05) is 0 Å². The van der Waals surface area contributed by atoms with Gasteiger partial charge < -0.3 is 9.53 Å². The van der Waals surface area contributed by atoms with Crippen LogP contribution in [0.3, 0.4) is 0 Å². The van der Waals surface area contributed by atoms with Crippen LogP contribution in [-0.2, 0) is 9.53 Å². The van der Waals surface area contributed by atoms with Gasteiger partial charge in [-0.2, -0.15) is 0 Å². The van der Waals surface area contributed by atoms with Gasteiger partial charge in [0, 0.05) is 19.6 Å². The number of Topliss-reactive ketones (excluding diaryl/α,β-unsaturated/α-hetero) is 1. The van der Waals surface area contributed by atoms with Gasteiger partial charge in [0.05, 0.1) is 0 Å². The van der Waals surface area contributed by atoms with Crippen LogP contribution in [0.5, 0.6) is 0 Å². The Bertz CT molecular complexity index is 143. The summed E-state index contributed by atoms with van der Waals surface area (Å²) in [5.41, 5.74) is 0. The zero-order valence-corrected chi connectivity index (χ0v) is 9.84. The van der Waals surface area contributed by atoms with Crippen LogP contribution >= 0.6 is 0 Å². The highest BCUT2D eigenvalue weighted by Crippen LogP contribution is 2.05. The minimum Gasteiger partial charge on any atom is -0.381 e. The standard InChI is InChI=1S/C12H24O2/c1-4-7-11(2)10-14-9-6-5-8-12(3)13/h11H,4-10H2,1-3H3. The van der Waals surface area contributed by atoms with Crippen LogP contribution in [-0.4, -0.2) is 19.0 Å². The van der Waals surface area contributed by atoms with Crippen LogP contribution in [0.1, 0.15) is 52.9 Å². The van der Waals surface area contributed by atoms with Crippen molar-refractivity contribution in [2.45, 2.75) is 52.9 Å². The molecular weight excluding hydrogens is 176 g/mol. The number of carbonyl (C=O) groups is 1. The monoisotopic (exact) mass is 200 g/mol. The molecule has 0 saturated heterocycles. The molecule has 0 rings (SSSR count). The molecule has 0 N–H and O–H groups in total.